The summed E-state index contributed by atoms with van der Waals surface area (Å²) in [5, 5.41) is 9.47. The van der Waals surface area contributed by atoms with Gasteiger partial charge < -0.3 is 10.8 Å². The first-order valence-electron chi connectivity index (χ1n) is 6.37. The van der Waals surface area contributed by atoms with Crippen LogP contribution < -0.4 is 5.73 Å². The summed E-state index contributed by atoms with van der Waals surface area (Å²) in [7, 11) is 0. The van der Waals surface area contributed by atoms with Gasteiger partial charge in [0.2, 0.25) is 0 Å². The molecule has 0 spiro atoms. The first-order chi connectivity index (χ1) is 7.69. The predicted octanol–water partition coefficient (Wildman–Crippen LogP) is 1.05. The van der Waals surface area contributed by atoms with Gasteiger partial charge >= 0.3 is 5.97 Å². The monoisotopic (exact) mass is 226 g/mol. The van der Waals surface area contributed by atoms with Crippen molar-refractivity contribution in [3.05, 3.63) is 0 Å². The first-order valence-corrected chi connectivity index (χ1v) is 6.37. The second-order valence-electron chi connectivity index (χ2n) is 5.21. The smallest absolute Gasteiger partial charge is 0.324 e. The number of hydrogen-bond acceptors (Lipinski definition) is 3. The molecule has 16 heavy (non-hydrogen) atoms. The van der Waals surface area contributed by atoms with Crippen molar-refractivity contribution in [3.63, 3.8) is 0 Å². The highest BCUT2D eigenvalue weighted by molar-refractivity contribution is 5.79. The van der Waals surface area contributed by atoms with Crippen molar-refractivity contribution >= 4 is 5.97 Å². The van der Waals surface area contributed by atoms with Gasteiger partial charge in [-0.3, -0.25) is 9.69 Å². The standard InChI is InChI=1S/C12H22N2O2/c13-9-10-3-7-14(8-4-10)12(11(15)16)5-1-2-6-12/h10H,1-9,13H2,(H,15,16). The van der Waals surface area contributed by atoms with Crippen LogP contribution in [0.3, 0.4) is 0 Å². The SMILES string of the molecule is NCC1CCN(C2(C(=O)O)CCCC2)CC1. The summed E-state index contributed by atoms with van der Waals surface area (Å²) >= 11 is 0. The number of nitrogens with two attached hydrogens (primary N) is 1. The van der Waals surface area contributed by atoms with E-state index < -0.39 is 11.5 Å². The summed E-state index contributed by atoms with van der Waals surface area (Å²) in [6.07, 6.45) is 5.90. The van der Waals surface area contributed by atoms with Crippen LogP contribution in [0.15, 0.2) is 0 Å². The molecule has 0 atom stereocenters. The third-order valence-electron chi connectivity index (χ3n) is 4.38. The Morgan fingerprint density at radius 1 is 1.31 bits per heavy atom. The molecule has 1 saturated heterocycles. The summed E-state index contributed by atoms with van der Waals surface area (Å²) < 4.78 is 0. The zero-order valence-electron chi connectivity index (χ0n) is 9.82. The Labute approximate surface area is 96.8 Å². The molecule has 2 fully saturated rings. The van der Waals surface area contributed by atoms with E-state index >= 15 is 0 Å². The molecular formula is C12H22N2O2. The molecule has 0 radical (unpaired) electrons. The van der Waals surface area contributed by atoms with Gasteiger partial charge in [0.15, 0.2) is 0 Å². The molecule has 1 heterocycles. The molecule has 1 aliphatic heterocycles. The minimum absolute atomic E-state index is 0.542. The Kier molecular flexibility index (Phi) is 3.50. The highest BCUT2D eigenvalue weighted by Gasteiger charge is 2.46. The van der Waals surface area contributed by atoms with E-state index in [0.717, 1.165) is 58.2 Å². The average molecular weight is 226 g/mol. The third-order valence-corrected chi connectivity index (χ3v) is 4.38. The van der Waals surface area contributed by atoms with Crippen molar-refractivity contribution in [2.24, 2.45) is 11.7 Å². The highest BCUT2D eigenvalue weighted by atomic mass is 16.4. The number of carboxylic acids is 1. The fourth-order valence-electron chi connectivity index (χ4n) is 3.22. The van der Waals surface area contributed by atoms with Crippen LogP contribution in [0.4, 0.5) is 0 Å². The van der Waals surface area contributed by atoms with Gasteiger partial charge in [-0.25, -0.2) is 0 Å². The van der Waals surface area contributed by atoms with Crippen LogP contribution in [0.1, 0.15) is 38.5 Å². The van der Waals surface area contributed by atoms with Crippen LogP contribution in [0, 0.1) is 5.92 Å². The van der Waals surface area contributed by atoms with Gasteiger partial charge in [0.05, 0.1) is 0 Å². The van der Waals surface area contributed by atoms with Crippen molar-refractivity contribution in [3.8, 4) is 0 Å². The zero-order valence-corrected chi connectivity index (χ0v) is 9.82. The Balaban J connectivity index is 2.03. The fraction of sp³-hybridized carbons (Fsp3) is 0.917. The van der Waals surface area contributed by atoms with E-state index in [9.17, 15) is 9.90 Å². The lowest BCUT2D eigenvalue weighted by atomic mass is 9.89. The van der Waals surface area contributed by atoms with Crippen molar-refractivity contribution in [1.29, 1.82) is 0 Å². The molecule has 0 unspecified atom stereocenters. The Hall–Kier alpha value is -0.610. The van der Waals surface area contributed by atoms with E-state index in [4.69, 9.17) is 5.73 Å². The molecule has 92 valence electrons. The number of rotatable bonds is 3. The van der Waals surface area contributed by atoms with E-state index in [0.29, 0.717) is 5.92 Å². The van der Waals surface area contributed by atoms with Gasteiger partial charge in [0.1, 0.15) is 5.54 Å². The number of carboxylic acid groups (broad SMARTS) is 1. The Bertz CT molecular complexity index is 254. The topological polar surface area (TPSA) is 66.6 Å². The van der Waals surface area contributed by atoms with Gasteiger partial charge in [-0.15, -0.1) is 0 Å². The largest absolute Gasteiger partial charge is 0.480 e. The maximum atomic E-state index is 11.5. The average Bonchev–Trinajstić information content (AvgIpc) is 2.79. The number of nitrogens with zero attached hydrogens (tertiary/aromatic N) is 1. The Morgan fingerprint density at radius 2 is 1.88 bits per heavy atom. The number of carbonyl (C=O) groups is 1. The molecule has 0 amide bonds. The Morgan fingerprint density at radius 3 is 2.31 bits per heavy atom. The van der Waals surface area contributed by atoms with Gasteiger partial charge in [0, 0.05) is 0 Å². The van der Waals surface area contributed by atoms with Crippen molar-refractivity contribution in [2.45, 2.75) is 44.1 Å². The molecule has 4 heteroatoms. The van der Waals surface area contributed by atoms with Crippen LogP contribution in [-0.2, 0) is 4.79 Å². The maximum absolute atomic E-state index is 11.5. The number of likely N-dealkylation sites (tertiary alicyclic amines) is 1. The summed E-state index contributed by atoms with van der Waals surface area (Å²) in [6.45, 7) is 2.57. The number of hydrogen-bond donors (Lipinski definition) is 2. The third kappa shape index (κ3) is 1.96. The van der Waals surface area contributed by atoms with Gasteiger partial charge in [-0.1, -0.05) is 12.8 Å². The lowest BCUT2D eigenvalue weighted by Gasteiger charge is -2.42. The molecular weight excluding hydrogens is 204 g/mol. The summed E-state index contributed by atoms with van der Waals surface area (Å²) in [4.78, 5) is 13.7. The van der Waals surface area contributed by atoms with Crippen molar-refractivity contribution < 1.29 is 9.90 Å². The van der Waals surface area contributed by atoms with Crippen LogP contribution in [0.2, 0.25) is 0 Å². The van der Waals surface area contributed by atoms with Crippen LogP contribution >= 0.6 is 0 Å². The second-order valence-corrected chi connectivity index (χ2v) is 5.21. The highest BCUT2D eigenvalue weighted by Crippen LogP contribution is 2.37. The molecule has 0 aromatic carbocycles. The van der Waals surface area contributed by atoms with Gasteiger partial charge in [0.25, 0.3) is 0 Å². The molecule has 3 N–H and O–H groups in total. The van der Waals surface area contributed by atoms with Gasteiger partial charge in [-0.2, -0.15) is 0 Å². The summed E-state index contributed by atoms with van der Waals surface area (Å²) in [5.41, 5.74) is 5.12. The molecule has 2 rings (SSSR count). The molecule has 1 saturated carbocycles. The van der Waals surface area contributed by atoms with Crippen molar-refractivity contribution in [1.82, 2.24) is 4.90 Å². The van der Waals surface area contributed by atoms with Crippen molar-refractivity contribution in [2.75, 3.05) is 19.6 Å². The predicted molar refractivity (Wildman–Crippen MR) is 62.2 cm³/mol. The summed E-state index contributed by atoms with van der Waals surface area (Å²) in [5.74, 6) is -0.0142. The quantitative estimate of drug-likeness (QED) is 0.755. The normalized spacial score (nSPS) is 27.1. The number of piperidine rings is 1. The van der Waals surface area contributed by atoms with E-state index in [1.54, 1.807) is 0 Å². The van der Waals surface area contributed by atoms with E-state index in [1.165, 1.54) is 0 Å². The van der Waals surface area contributed by atoms with Gasteiger partial charge in [-0.05, 0) is 51.2 Å². The molecule has 0 bridgehead atoms. The first kappa shape index (κ1) is 11.9. The van der Waals surface area contributed by atoms with E-state index in [2.05, 4.69) is 4.90 Å². The maximum Gasteiger partial charge on any atom is 0.324 e. The molecule has 0 aromatic heterocycles. The fourth-order valence-corrected chi connectivity index (χ4v) is 3.22. The van der Waals surface area contributed by atoms with Crippen LogP contribution in [0.5, 0.6) is 0 Å². The number of aliphatic carboxylic acids is 1. The zero-order chi connectivity index (χ0) is 11.6. The summed E-state index contributed by atoms with van der Waals surface area (Å²) in [6, 6.07) is 0. The molecule has 2 aliphatic rings. The van der Waals surface area contributed by atoms with Crippen LogP contribution in [-0.4, -0.2) is 41.1 Å². The second kappa shape index (κ2) is 4.72. The molecule has 4 nitrogen and oxygen atoms in total. The lowest BCUT2D eigenvalue weighted by Crippen LogP contribution is -2.55. The minimum atomic E-state index is -0.615. The van der Waals surface area contributed by atoms with E-state index in [1.807, 2.05) is 0 Å². The van der Waals surface area contributed by atoms with E-state index in [-0.39, 0.29) is 0 Å². The minimum Gasteiger partial charge on any atom is -0.480 e. The molecule has 0 aromatic rings. The lowest BCUT2D eigenvalue weighted by molar-refractivity contribution is -0.152. The van der Waals surface area contributed by atoms with Crippen LogP contribution in [0.25, 0.3) is 0 Å². The molecule has 1 aliphatic carbocycles.